The molecule has 35 heavy (non-hydrogen) atoms. The van der Waals surface area contributed by atoms with E-state index in [-0.39, 0.29) is 23.5 Å². The Morgan fingerprint density at radius 3 is 2.51 bits per heavy atom. The number of para-hydroxylation sites is 1. The fraction of sp³-hybridized carbons (Fsp3) is 0.250. The Hall–Kier alpha value is -3.31. The molecule has 0 aromatic heterocycles. The van der Waals surface area contributed by atoms with E-state index in [1.165, 1.54) is 13.2 Å². The minimum atomic E-state index is -0.663. The minimum absolute atomic E-state index is 0.144. The number of benzene rings is 2. The van der Waals surface area contributed by atoms with E-state index in [0.717, 1.165) is 16.7 Å². The van der Waals surface area contributed by atoms with Crippen molar-refractivity contribution in [1.82, 2.24) is 4.90 Å². The zero-order chi connectivity index (χ0) is 25.5. The van der Waals surface area contributed by atoms with E-state index in [1.54, 1.807) is 50.2 Å². The molecule has 0 radical (unpaired) electrons. The fourth-order valence-electron chi connectivity index (χ4n) is 3.00. The van der Waals surface area contributed by atoms with Crippen LogP contribution in [0.15, 0.2) is 51.8 Å². The van der Waals surface area contributed by atoms with Gasteiger partial charge in [-0.15, -0.1) is 0 Å². The molecule has 0 bridgehead atoms. The van der Waals surface area contributed by atoms with E-state index >= 15 is 0 Å². The molecule has 2 aromatic carbocycles. The second kappa shape index (κ2) is 11.9. The molecule has 11 heteroatoms. The second-order valence-electron chi connectivity index (χ2n) is 7.53. The van der Waals surface area contributed by atoms with Crippen LogP contribution in [0.1, 0.15) is 19.4 Å². The van der Waals surface area contributed by atoms with Gasteiger partial charge >= 0.3 is 5.97 Å². The normalized spacial score (nSPS) is 14.4. The number of amides is 3. The number of carbonyl (C=O) groups excluding carboxylic acids is 4. The van der Waals surface area contributed by atoms with Crippen LogP contribution in [0.4, 0.5) is 10.5 Å². The third-order valence-corrected chi connectivity index (χ3v) is 6.11. The van der Waals surface area contributed by atoms with Crippen LogP contribution in [-0.2, 0) is 19.1 Å². The van der Waals surface area contributed by atoms with Crippen LogP contribution in [0.2, 0.25) is 0 Å². The molecule has 0 spiro atoms. The van der Waals surface area contributed by atoms with E-state index in [1.807, 2.05) is 6.07 Å². The summed E-state index contributed by atoms with van der Waals surface area (Å²) < 4.78 is 16.6. The highest BCUT2D eigenvalue weighted by Gasteiger charge is 2.37. The summed E-state index contributed by atoms with van der Waals surface area (Å²) >= 11 is 4.15. The number of rotatable bonds is 9. The van der Waals surface area contributed by atoms with E-state index in [9.17, 15) is 19.2 Å². The second-order valence-corrected chi connectivity index (χ2v) is 9.38. The van der Waals surface area contributed by atoms with Gasteiger partial charge in [0.25, 0.3) is 17.1 Å². The molecule has 9 nitrogen and oxygen atoms in total. The molecule has 184 valence electrons. The Kier molecular flexibility index (Phi) is 8.94. The van der Waals surface area contributed by atoms with Crippen LogP contribution in [0.5, 0.6) is 11.5 Å². The van der Waals surface area contributed by atoms with Crippen molar-refractivity contribution < 1.29 is 33.4 Å². The number of nitrogens with one attached hydrogen (secondary N) is 1. The van der Waals surface area contributed by atoms with Gasteiger partial charge in [-0.3, -0.25) is 24.1 Å². The number of hydrogen-bond donors (Lipinski definition) is 1. The molecule has 0 unspecified atom stereocenters. The van der Waals surface area contributed by atoms with Gasteiger partial charge in [0.1, 0.15) is 6.54 Å². The predicted octanol–water partition coefficient (Wildman–Crippen LogP) is 4.46. The third-order valence-electron chi connectivity index (χ3n) is 4.51. The minimum Gasteiger partial charge on any atom is -0.493 e. The Balaban J connectivity index is 1.71. The molecule has 3 rings (SSSR count). The molecule has 2 aromatic rings. The van der Waals surface area contributed by atoms with Crippen LogP contribution in [-0.4, -0.2) is 54.3 Å². The van der Waals surface area contributed by atoms with E-state index < -0.39 is 23.7 Å². The summed E-state index contributed by atoms with van der Waals surface area (Å²) in [6.07, 6.45) is 1.16. The quantitative estimate of drug-likeness (QED) is 0.352. The number of halogens is 1. The monoisotopic (exact) mass is 562 g/mol. The van der Waals surface area contributed by atoms with Crippen LogP contribution in [0, 0.1) is 0 Å². The lowest BCUT2D eigenvalue weighted by molar-refractivity contribution is -0.149. The topological polar surface area (TPSA) is 111 Å². The summed E-state index contributed by atoms with van der Waals surface area (Å²) in [6.45, 7) is 2.66. The first-order chi connectivity index (χ1) is 16.7. The highest BCUT2D eigenvalue weighted by Crippen LogP contribution is 2.38. The maximum absolute atomic E-state index is 12.7. The lowest BCUT2D eigenvalue weighted by atomic mass is 10.2. The highest BCUT2D eigenvalue weighted by molar-refractivity contribution is 9.10. The molecule has 1 saturated heterocycles. The summed E-state index contributed by atoms with van der Waals surface area (Å²) in [5.41, 5.74) is 1.19. The smallest absolute Gasteiger partial charge is 0.326 e. The standard InChI is InChI=1S/C24H23BrN2O7S/c1-14(2)34-22(29)12-27-23(30)20(35-24(27)31)10-15-9-18(32-3)19(11-17(15)25)33-13-21(28)26-16-7-5-4-6-8-16/h4-11,14H,12-13H2,1-3H3,(H,26,28)/b20-10+. The number of anilines is 1. The van der Waals surface area contributed by atoms with E-state index in [0.29, 0.717) is 27.2 Å². The van der Waals surface area contributed by atoms with Crippen molar-refractivity contribution >= 4 is 62.5 Å². The Bertz CT molecular complexity index is 1170. The number of carbonyl (C=O) groups is 4. The summed E-state index contributed by atoms with van der Waals surface area (Å²) in [5.74, 6) is -0.965. The average molecular weight is 563 g/mol. The Morgan fingerprint density at radius 2 is 1.86 bits per heavy atom. The summed E-state index contributed by atoms with van der Waals surface area (Å²) in [5, 5.41) is 2.16. The predicted molar refractivity (Wildman–Crippen MR) is 135 cm³/mol. The molecule has 1 aliphatic heterocycles. The van der Waals surface area contributed by atoms with Crippen molar-refractivity contribution in [2.24, 2.45) is 0 Å². The molecule has 0 atom stereocenters. The molecule has 0 aliphatic carbocycles. The van der Waals surface area contributed by atoms with Gasteiger partial charge in [0.15, 0.2) is 18.1 Å². The summed E-state index contributed by atoms with van der Waals surface area (Å²) in [4.78, 5) is 50.0. The van der Waals surface area contributed by atoms with Crippen LogP contribution in [0.25, 0.3) is 6.08 Å². The number of imide groups is 1. The fourth-order valence-corrected chi connectivity index (χ4v) is 4.27. The van der Waals surface area contributed by atoms with Crippen molar-refractivity contribution in [3.63, 3.8) is 0 Å². The number of methoxy groups -OCH3 is 1. The van der Waals surface area contributed by atoms with Gasteiger partial charge in [-0.1, -0.05) is 34.1 Å². The highest BCUT2D eigenvalue weighted by atomic mass is 79.9. The number of esters is 1. The first-order valence-electron chi connectivity index (χ1n) is 10.5. The van der Waals surface area contributed by atoms with Crippen molar-refractivity contribution in [2.45, 2.75) is 20.0 Å². The molecule has 1 N–H and O–H groups in total. The van der Waals surface area contributed by atoms with Gasteiger partial charge in [-0.25, -0.2) is 0 Å². The van der Waals surface area contributed by atoms with Crippen molar-refractivity contribution in [1.29, 1.82) is 0 Å². The molecular formula is C24H23BrN2O7S. The van der Waals surface area contributed by atoms with Crippen molar-refractivity contribution in [2.75, 3.05) is 25.6 Å². The van der Waals surface area contributed by atoms with Crippen LogP contribution >= 0.6 is 27.7 Å². The van der Waals surface area contributed by atoms with Crippen molar-refractivity contribution in [3.8, 4) is 11.5 Å². The Labute approximate surface area is 214 Å². The zero-order valence-corrected chi connectivity index (χ0v) is 21.6. The van der Waals surface area contributed by atoms with Gasteiger partial charge < -0.3 is 19.5 Å². The SMILES string of the molecule is COc1cc(/C=C2/SC(=O)N(CC(=O)OC(C)C)C2=O)c(Br)cc1OCC(=O)Nc1ccccc1. The molecule has 3 amide bonds. The van der Waals surface area contributed by atoms with E-state index in [4.69, 9.17) is 14.2 Å². The van der Waals surface area contributed by atoms with Gasteiger partial charge in [-0.05, 0) is 61.5 Å². The van der Waals surface area contributed by atoms with Gasteiger partial charge in [0.05, 0.1) is 18.1 Å². The zero-order valence-electron chi connectivity index (χ0n) is 19.2. The largest absolute Gasteiger partial charge is 0.493 e. The molecule has 1 fully saturated rings. The third kappa shape index (κ3) is 7.09. The Morgan fingerprint density at radius 1 is 1.14 bits per heavy atom. The maximum atomic E-state index is 12.7. The maximum Gasteiger partial charge on any atom is 0.326 e. The van der Waals surface area contributed by atoms with Gasteiger partial charge in [-0.2, -0.15) is 0 Å². The number of hydrogen-bond acceptors (Lipinski definition) is 8. The van der Waals surface area contributed by atoms with Gasteiger partial charge in [0.2, 0.25) is 0 Å². The molecule has 0 saturated carbocycles. The number of thioether (sulfide) groups is 1. The van der Waals surface area contributed by atoms with Gasteiger partial charge in [0, 0.05) is 10.2 Å². The number of nitrogens with zero attached hydrogens (tertiary/aromatic N) is 1. The first kappa shape index (κ1) is 26.3. The lowest BCUT2D eigenvalue weighted by Crippen LogP contribution is -2.35. The first-order valence-corrected chi connectivity index (χ1v) is 12.1. The molecule has 1 heterocycles. The average Bonchev–Trinajstić information content (AvgIpc) is 3.06. The summed E-state index contributed by atoms with van der Waals surface area (Å²) in [6, 6.07) is 12.2. The van der Waals surface area contributed by atoms with Crippen molar-refractivity contribution in [3.05, 3.63) is 57.4 Å². The van der Waals surface area contributed by atoms with Crippen LogP contribution in [0.3, 0.4) is 0 Å². The van der Waals surface area contributed by atoms with E-state index in [2.05, 4.69) is 21.2 Å². The lowest BCUT2D eigenvalue weighted by Gasteiger charge is -2.14. The summed E-state index contributed by atoms with van der Waals surface area (Å²) in [7, 11) is 1.44. The van der Waals surface area contributed by atoms with Crippen LogP contribution < -0.4 is 14.8 Å². The molecular weight excluding hydrogens is 540 g/mol. The molecule has 1 aliphatic rings. The number of ether oxygens (including phenoxy) is 3.